The van der Waals surface area contributed by atoms with Gasteiger partial charge in [-0.1, -0.05) is 18.5 Å². The summed E-state index contributed by atoms with van der Waals surface area (Å²) in [5.74, 6) is 2.70. The van der Waals surface area contributed by atoms with E-state index in [0.717, 1.165) is 18.7 Å². The zero-order valence-corrected chi connectivity index (χ0v) is 10.4. The Kier molecular flexibility index (Phi) is 4.85. The second-order valence-corrected chi connectivity index (χ2v) is 4.12. The Morgan fingerprint density at radius 1 is 1.56 bits per heavy atom. The van der Waals surface area contributed by atoms with Crippen molar-refractivity contribution in [3.63, 3.8) is 0 Å². The van der Waals surface area contributed by atoms with E-state index in [1.807, 2.05) is 6.92 Å². The van der Waals surface area contributed by atoms with E-state index in [2.05, 4.69) is 16.2 Å². The number of terminal acetylenes is 1. The predicted octanol–water partition coefficient (Wildman–Crippen LogP) is 3.97. The molecule has 0 aromatic carbocycles. The molecular weight excluding hydrogens is 265 g/mol. The van der Waals surface area contributed by atoms with Gasteiger partial charge >= 0.3 is 6.18 Å². The minimum atomic E-state index is -4.45. The van der Waals surface area contributed by atoms with Crippen LogP contribution in [-0.4, -0.2) is 11.0 Å². The Hall–Kier alpha value is -1.41. The van der Waals surface area contributed by atoms with E-state index < -0.39 is 11.7 Å². The fraction of sp³-hybridized carbons (Fsp3) is 0.417. The highest BCUT2D eigenvalue weighted by molar-refractivity contribution is 6.33. The third-order valence-electron chi connectivity index (χ3n) is 2.37. The van der Waals surface area contributed by atoms with Crippen molar-refractivity contribution in [2.75, 3.05) is 5.32 Å². The number of alkyl halides is 3. The van der Waals surface area contributed by atoms with Crippen molar-refractivity contribution in [2.45, 2.75) is 32.0 Å². The molecule has 2 nitrogen and oxygen atoms in total. The molecule has 0 bridgehead atoms. The van der Waals surface area contributed by atoms with Crippen LogP contribution in [0.15, 0.2) is 12.3 Å². The van der Waals surface area contributed by atoms with Crippen molar-refractivity contribution in [1.82, 2.24) is 4.98 Å². The van der Waals surface area contributed by atoms with Crippen molar-refractivity contribution in [3.8, 4) is 12.3 Å². The normalized spacial score (nSPS) is 12.9. The quantitative estimate of drug-likeness (QED) is 0.842. The highest BCUT2D eigenvalue weighted by atomic mass is 35.5. The van der Waals surface area contributed by atoms with Gasteiger partial charge in [0.15, 0.2) is 0 Å². The Labute approximate surface area is 109 Å². The number of aromatic nitrogens is 1. The van der Waals surface area contributed by atoms with Crippen LogP contribution in [0.1, 0.15) is 25.3 Å². The van der Waals surface area contributed by atoms with Gasteiger partial charge in [-0.05, 0) is 12.5 Å². The van der Waals surface area contributed by atoms with Gasteiger partial charge in [0.1, 0.15) is 5.82 Å². The summed E-state index contributed by atoms with van der Waals surface area (Å²) in [4.78, 5) is 3.68. The molecule has 1 N–H and O–H groups in total. The van der Waals surface area contributed by atoms with E-state index >= 15 is 0 Å². The highest BCUT2D eigenvalue weighted by Gasteiger charge is 2.31. The average molecular weight is 277 g/mol. The third kappa shape index (κ3) is 3.81. The summed E-state index contributed by atoms with van der Waals surface area (Å²) in [5, 5.41) is 2.85. The van der Waals surface area contributed by atoms with Crippen molar-refractivity contribution < 1.29 is 13.2 Å². The van der Waals surface area contributed by atoms with E-state index in [-0.39, 0.29) is 16.9 Å². The summed E-state index contributed by atoms with van der Waals surface area (Å²) in [6.07, 6.45) is 2.67. The monoisotopic (exact) mass is 276 g/mol. The molecule has 18 heavy (non-hydrogen) atoms. The van der Waals surface area contributed by atoms with Crippen LogP contribution in [0.3, 0.4) is 0 Å². The number of hydrogen-bond acceptors (Lipinski definition) is 2. The van der Waals surface area contributed by atoms with Gasteiger partial charge in [-0.15, -0.1) is 12.3 Å². The lowest BCUT2D eigenvalue weighted by molar-refractivity contribution is -0.137. The maximum absolute atomic E-state index is 12.4. The first kappa shape index (κ1) is 14.7. The molecule has 1 heterocycles. The number of anilines is 1. The predicted molar refractivity (Wildman–Crippen MR) is 65.4 cm³/mol. The summed E-state index contributed by atoms with van der Waals surface area (Å²) < 4.78 is 37.2. The second kappa shape index (κ2) is 5.96. The highest BCUT2D eigenvalue weighted by Crippen LogP contribution is 2.32. The zero-order valence-electron chi connectivity index (χ0n) is 9.68. The van der Waals surface area contributed by atoms with E-state index in [1.54, 1.807) is 0 Å². The van der Waals surface area contributed by atoms with Gasteiger partial charge in [0.25, 0.3) is 0 Å². The van der Waals surface area contributed by atoms with E-state index in [0.29, 0.717) is 6.42 Å². The average Bonchev–Trinajstić information content (AvgIpc) is 2.29. The first-order valence-electron chi connectivity index (χ1n) is 5.31. The Bertz CT molecular complexity index is 452. The molecule has 6 heteroatoms. The van der Waals surface area contributed by atoms with Gasteiger partial charge in [-0.25, -0.2) is 4.98 Å². The minimum absolute atomic E-state index is 0.0586. The molecule has 98 valence electrons. The van der Waals surface area contributed by atoms with Gasteiger partial charge in [-0.2, -0.15) is 13.2 Å². The lowest BCUT2D eigenvalue weighted by Crippen LogP contribution is -2.19. The van der Waals surface area contributed by atoms with Gasteiger partial charge in [0.2, 0.25) is 0 Å². The second-order valence-electron chi connectivity index (χ2n) is 3.71. The molecule has 0 saturated carbocycles. The molecule has 0 saturated heterocycles. The molecule has 1 aromatic rings. The van der Waals surface area contributed by atoms with Gasteiger partial charge in [0, 0.05) is 18.7 Å². The number of hydrogen-bond donors (Lipinski definition) is 1. The lowest BCUT2D eigenvalue weighted by Gasteiger charge is -2.16. The molecule has 0 aliphatic carbocycles. The molecule has 1 aromatic heterocycles. The number of rotatable bonds is 4. The molecule has 0 aliphatic heterocycles. The van der Waals surface area contributed by atoms with Crippen molar-refractivity contribution in [3.05, 3.63) is 22.8 Å². The van der Waals surface area contributed by atoms with E-state index in [9.17, 15) is 13.2 Å². The zero-order chi connectivity index (χ0) is 13.8. The molecule has 0 spiro atoms. The third-order valence-corrected chi connectivity index (χ3v) is 2.65. The Morgan fingerprint density at radius 2 is 2.22 bits per heavy atom. The molecule has 0 radical (unpaired) electrons. The molecule has 1 rings (SSSR count). The van der Waals surface area contributed by atoms with E-state index in [4.69, 9.17) is 18.0 Å². The van der Waals surface area contributed by atoms with Crippen LogP contribution in [0.5, 0.6) is 0 Å². The van der Waals surface area contributed by atoms with Crippen LogP contribution >= 0.6 is 11.6 Å². The van der Waals surface area contributed by atoms with Gasteiger partial charge in [-0.3, -0.25) is 0 Å². The van der Waals surface area contributed by atoms with Crippen molar-refractivity contribution in [1.29, 1.82) is 0 Å². The number of pyridine rings is 1. The Balaban J connectivity index is 2.90. The van der Waals surface area contributed by atoms with Crippen LogP contribution in [0.2, 0.25) is 5.02 Å². The maximum atomic E-state index is 12.4. The summed E-state index contributed by atoms with van der Waals surface area (Å²) in [7, 11) is 0. The van der Waals surface area contributed by atoms with Crippen molar-refractivity contribution in [2.24, 2.45) is 0 Å². The standard InChI is InChI=1S/C12H12ClF3N2/c1-3-5-9(4-2)18-11-10(13)6-8(7-17-11)12(14,15)16/h1,6-7,9H,4-5H2,2H3,(H,17,18). The molecule has 1 unspecified atom stereocenters. The van der Waals surface area contributed by atoms with Gasteiger partial charge < -0.3 is 5.32 Å². The summed E-state index contributed by atoms with van der Waals surface area (Å²) >= 11 is 5.76. The topological polar surface area (TPSA) is 24.9 Å². The number of nitrogens with one attached hydrogen (secondary N) is 1. The first-order valence-corrected chi connectivity index (χ1v) is 5.69. The molecular formula is C12H12ClF3N2. The summed E-state index contributed by atoms with van der Waals surface area (Å²) in [6, 6.07) is 0.788. The summed E-state index contributed by atoms with van der Waals surface area (Å²) in [6.45, 7) is 1.91. The molecule has 0 aliphatic rings. The lowest BCUT2D eigenvalue weighted by atomic mass is 10.1. The van der Waals surface area contributed by atoms with Crippen LogP contribution in [0.4, 0.5) is 19.0 Å². The van der Waals surface area contributed by atoms with Crippen LogP contribution in [0.25, 0.3) is 0 Å². The minimum Gasteiger partial charge on any atom is -0.365 e. The molecule has 1 atom stereocenters. The fourth-order valence-electron chi connectivity index (χ4n) is 1.33. The van der Waals surface area contributed by atoms with E-state index in [1.165, 1.54) is 0 Å². The van der Waals surface area contributed by atoms with Crippen LogP contribution in [-0.2, 0) is 6.18 Å². The van der Waals surface area contributed by atoms with Gasteiger partial charge in [0.05, 0.1) is 10.6 Å². The Morgan fingerprint density at radius 3 is 2.67 bits per heavy atom. The fourth-order valence-corrected chi connectivity index (χ4v) is 1.55. The maximum Gasteiger partial charge on any atom is 0.417 e. The largest absolute Gasteiger partial charge is 0.417 e. The molecule has 0 amide bonds. The van der Waals surface area contributed by atoms with Crippen LogP contribution < -0.4 is 5.32 Å². The molecule has 0 fully saturated rings. The first-order chi connectivity index (χ1) is 8.38. The smallest absolute Gasteiger partial charge is 0.365 e. The number of nitrogens with zero attached hydrogens (tertiary/aromatic N) is 1. The number of halogens is 4. The van der Waals surface area contributed by atoms with Crippen LogP contribution in [0, 0.1) is 12.3 Å². The van der Waals surface area contributed by atoms with Crippen molar-refractivity contribution >= 4 is 17.4 Å². The SMILES string of the molecule is C#CCC(CC)Nc1ncc(C(F)(F)F)cc1Cl. The summed E-state index contributed by atoms with van der Waals surface area (Å²) in [5.41, 5.74) is -0.872.